The molecule has 8 heteroatoms. The summed E-state index contributed by atoms with van der Waals surface area (Å²) in [4.78, 5) is 18.7. The fourth-order valence-corrected chi connectivity index (χ4v) is 3.02. The van der Waals surface area contributed by atoms with Gasteiger partial charge in [0, 0.05) is 51.9 Å². The van der Waals surface area contributed by atoms with E-state index < -0.39 is 11.9 Å². The Kier molecular flexibility index (Phi) is 4.18. The minimum Gasteiger partial charge on any atom is -0.488 e. The summed E-state index contributed by atoms with van der Waals surface area (Å²) in [6, 6.07) is 2.36. The highest BCUT2D eigenvalue weighted by molar-refractivity contribution is 5.78. The Labute approximate surface area is 132 Å². The van der Waals surface area contributed by atoms with Gasteiger partial charge in [0.1, 0.15) is 17.5 Å². The highest BCUT2D eigenvalue weighted by atomic mass is 19.4. The van der Waals surface area contributed by atoms with Crippen LogP contribution in [0.25, 0.3) is 0 Å². The first-order valence-corrected chi connectivity index (χ1v) is 7.47. The first-order valence-electron chi connectivity index (χ1n) is 7.47. The van der Waals surface area contributed by atoms with E-state index in [4.69, 9.17) is 4.74 Å². The lowest BCUT2D eigenvalue weighted by Crippen LogP contribution is -2.55. The quantitative estimate of drug-likeness (QED) is 0.842. The van der Waals surface area contributed by atoms with Crippen LogP contribution in [0.2, 0.25) is 0 Å². The van der Waals surface area contributed by atoms with Crippen LogP contribution < -0.4 is 4.74 Å². The second kappa shape index (κ2) is 5.99. The van der Waals surface area contributed by atoms with Gasteiger partial charge in [0.25, 0.3) is 0 Å². The van der Waals surface area contributed by atoms with Gasteiger partial charge < -0.3 is 9.64 Å². The number of carbonyl (C=O) groups excluding carboxylic acids is 1. The Hall–Kier alpha value is -1.83. The number of halogens is 3. The Morgan fingerprint density at radius 2 is 2.09 bits per heavy atom. The molecule has 1 aromatic heterocycles. The number of amides is 1. The van der Waals surface area contributed by atoms with Crippen LogP contribution in [0.15, 0.2) is 18.3 Å². The van der Waals surface area contributed by atoms with Gasteiger partial charge >= 0.3 is 6.18 Å². The minimum atomic E-state index is -4.47. The summed E-state index contributed by atoms with van der Waals surface area (Å²) in [6.45, 7) is 2.91. The molecule has 2 saturated heterocycles. The molecule has 0 spiro atoms. The zero-order chi connectivity index (χ0) is 16.6. The molecular formula is C15H18F3N3O2. The summed E-state index contributed by atoms with van der Waals surface area (Å²) in [6.07, 6.45) is -2.91. The third-order valence-electron chi connectivity index (χ3n) is 4.19. The van der Waals surface area contributed by atoms with Crippen LogP contribution >= 0.6 is 0 Å². The largest absolute Gasteiger partial charge is 0.488 e. The molecule has 2 fully saturated rings. The Bertz CT molecular complexity index is 588. The molecule has 0 aromatic carbocycles. The Balaban J connectivity index is 1.46. The molecule has 1 aromatic rings. The number of nitrogens with zero attached hydrogens (tertiary/aromatic N) is 3. The normalized spacial score (nSPS) is 23.2. The molecule has 1 atom stereocenters. The van der Waals surface area contributed by atoms with Gasteiger partial charge in [-0.1, -0.05) is 0 Å². The van der Waals surface area contributed by atoms with Crippen LogP contribution in [-0.2, 0) is 11.0 Å². The number of likely N-dealkylation sites (tertiary alicyclic amines) is 2. The average molecular weight is 329 g/mol. The van der Waals surface area contributed by atoms with E-state index in [1.807, 2.05) is 0 Å². The monoisotopic (exact) mass is 329 g/mol. The van der Waals surface area contributed by atoms with Crippen molar-refractivity contribution in [3.05, 3.63) is 24.0 Å². The van der Waals surface area contributed by atoms with Gasteiger partial charge in [-0.05, 0) is 12.0 Å². The number of hydrogen-bond donors (Lipinski definition) is 0. The molecular weight excluding hydrogens is 311 g/mol. The number of hydrogen-bond acceptors (Lipinski definition) is 4. The summed E-state index contributed by atoms with van der Waals surface area (Å²) < 4.78 is 43.4. The first kappa shape index (κ1) is 16.0. The first-order chi connectivity index (χ1) is 10.8. The molecule has 0 saturated carbocycles. The SMILES string of the molecule is CN1CC(CN2CC(Oc3ccnc(C(F)(F)F)c3)C2)CC1=O. The second-order valence-corrected chi connectivity index (χ2v) is 6.18. The van der Waals surface area contributed by atoms with Gasteiger partial charge in [0.2, 0.25) is 5.91 Å². The molecule has 0 bridgehead atoms. The van der Waals surface area contributed by atoms with Crippen LogP contribution in [-0.4, -0.2) is 60.0 Å². The fraction of sp³-hybridized carbons (Fsp3) is 0.600. The molecule has 0 N–H and O–H groups in total. The van der Waals surface area contributed by atoms with Gasteiger partial charge in [0.05, 0.1) is 0 Å². The zero-order valence-electron chi connectivity index (χ0n) is 12.7. The minimum absolute atomic E-state index is 0.117. The Morgan fingerprint density at radius 3 is 2.70 bits per heavy atom. The van der Waals surface area contributed by atoms with Crippen LogP contribution in [0.3, 0.4) is 0 Å². The highest BCUT2D eigenvalue weighted by Gasteiger charge is 2.35. The number of alkyl halides is 3. The van der Waals surface area contributed by atoms with E-state index >= 15 is 0 Å². The van der Waals surface area contributed by atoms with E-state index in [0.29, 0.717) is 25.4 Å². The average Bonchev–Trinajstić information content (AvgIpc) is 2.74. The maximum absolute atomic E-state index is 12.6. The van der Waals surface area contributed by atoms with Crippen molar-refractivity contribution < 1.29 is 22.7 Å². The number of aromatic nitrogens is 1. The van der Waals surface area contributed by atoms with Crippen molar-refractivity contribution in [3.8, 4) is 5.75 Å². The summed E-state index contributed by atoms with van der Waals surface area (Å²) in [7, 11) is 1.80. The predicted molar refractivity (Wildman–Crippen MR) is 75.8 cm³/mol. The van der Waals surface area contributed by atoms with Crippen molar-refractivity contribution in [1.29, 1.82) is 0 Å². The van der Waals surface area contributed by atoms with Crippen molar-refractivity contribution in [2.45, 2.75) is 18.7 Å². The van der Waals surface area contributed by atoms with Crippen molar-refractivity contribution in [2.75, 3.05) is 33.2 Å². The third-order valence-corrected chi connectivity index (χ3v) is 4.19. The van der Waals surface area contributed by atoms with Crippen molar-refractivity contribution >= 4 is 5.91 Å². The fourth-order valence-electron chi connectivity index (χ4n) is 3.02. The molecule has 3 heterocycles. The van der Waals surface area contributed by atoms with E-state index in [1.165, 1.54) is 6.07 Å². The zero-order valence-corrected chi connectivity index (χ0v) is 12.7. The number of ether oxygens (including phenoxy) is 1. The number of rotatable bonds is 4. The van der Waals surface area contributed by atoms with E-state index in [2.05, 4.69) is 9.88 Å². The smallest absolute Gasteiger partial charge is 0.433 e. The molecule has 23 heavy (non-hydrogen) atoms. The standard InChI is InChI=1S/C15H18F3N3O2/c1-20-6-10(4-14(20)22)7-21-8-12(9-21)23-11-2-3-19-13(5-11)15(16,17)18/h2-3,5,10,12H,4,6-9H2,1H3. The lowest BCUT2D eigenvalue weighted by molar-refractivity contribution is -0.141. The number of pyridine rings is 1. The van der Waals surface area contributed by atoms with Gasteiger partial charge in [-0.3, -0.25) is 14.7 Å². The molecule has 0 radical (unpaired) electrons. The molecule has 5 nitrogen and oxygen atoms in total. The topological polar surface area (TPSA) is 45.7 Å². The van der Waals surface area contributed by atoms with E-state index in [9.17, 15) is 18.0 Å². The van der Waals surface area contributed by atoms with Crippen LogP contribution in [0, 0.1) is 5.92 Å². The molecule has 3 rings (SSSR count). The maximum Gasteiger partial charge on any atom is 0.433 e. The molecule has 1 unspecified atom stereocenters. The Morgan fingerprint density at radius 1 is 1.35 bits per heavy atom. The van der Waals surface area contributed by atoms with Crippen LogP contribution in [0.1, 0.15) is 12.1 Å². The number of carbonyl (C=O) groups is 1. The van der Waals surface area contributed by atoms with Crippen molar-refractivity contribution in [2.24, 2.45) is 5.92 Å². The van der Waals surface area contributed by atoms with Gasteiger partial charge in [-0.15, -0.1) is 0 Å². The molecule has 2 aliphatic rings. The van der Waals surface area contributed by atoms with E-state index in [-0.39, 0.29) is 17.8 Å². The van der Waals surface area contributed by atoms with Crippen molar-refractivity contribution in [1.82, 2.24) is 14.8 Å². The lowest BCUT2D eigenvalue weighted by Gasteiger charge is -2.40. The molecule has 1 amide bonds. The van der Waals surface area contributed by atoms with Crippen molar-refractivity contribution in [3.63, 3.8) is 0 Å². The van der Waals surface area contributed by atoms with Gasteiger partial charge in [0.15, 0.2) is 0 Å². The van der Waals surface area contributed by atoms with E-state index in [0.717, 1.165) is 25.4 Å². The van der Waals surface area contributed by atoms with Crippen LogP contribution in [0.5, 0.6) is 5.75 Å². The summed E-state index contributed by atoms with van der Waals surface area (Å²) in [5.41, 5.74) is -0.946. The predicted octanol–water partition coefficient (Wildman–Crippen LogP) is 1.64. The summed E-state index contributed by atoms with van der Waals surface area (Å²) in [5, 5.41) is 0. The van der Waals surface area contributed by atoms with Gasteiger partial charge in [-0.2, -0.15) is 13.2 Å². The second-order valence-electron chi connectivity index (χ2n) is 6.18. The maximum atomic E-state index is 12.6. The third kappa shape index (κ3) is 3.74. The molecule has 0 aliphatic carbocycles. The molecule has 126 valence electrons. The summed E-state index contributed by atoms with van der Waals surface area (Å²) >= 11 is 0. The highest BCUT2D eigenvalue weighted by Crippen LogP contribution is 2.30. The molecule has 2 aliphatic heterocycles. The summed E-state index contributed by atoms with van der Waals surface area (Å²) in [5.74, 6) is 0.679. The van der Waals surface area contributed by atoms with E-state index in [1.54, 1.807) is 11.9 Å². The lowest BCUT2D eigenvalue weighted by atomic mass is 10.0. The van der Waals surface area contributed by atoms with Gasteiger partial charge in [-0.25, -0.2) is 0 Å². The van der Waals surface area contributed by atoms with Crippen LogP contribution in [0.4, 0.5) is 13.2 Å².